The predicted molar refractivity (Wildman–Crippen MR) is 59.1 cm³/mol. The smallest absolute Gasteiger partial charge is 0.0503 e. The van der Waals surface area contributed by atoms with Crippen molar-refractivity contribution in [3.05, 3.63) is 24.0 Å². The van der Waals surface area contributed by atoms with E-state index in [0.29, 0.717) is 5.92 Å². The second-order valence-corrected chi connectivity index (χ2v) is 4.24. The van der Waals surface area contributed by atoms with Crippen LogP contribution >= 0.6 is 0 Å². The Morgan fingerprint density at radius 1 is 1.07 bits per heavy atom. The molecule has 0 bridgehead atoms. The largest absolute Gasteiger partial charge is 0.397 e. The number of nitrogens with zero attached hydrogens (tertiary/aromatic N) is 1. The van der Waals surface area contributed by atoms with Crippen LogP contribution in [0.5, 0.6) is 0 Å². The van der Waals surface area contributed by atoms with Gasteiger partial charge in [-0.1, -0.05) is 25.7 Å². The van der Waals surface area contributed by atoms with Crippen molar-refractivity contribution in [2.75, 3.05) is 5.73 Å². The first-order chi connectivity index (χ1) is 6.86. The van der Waals surface area contributed by atoms with Gasteiger partial charge in [-0.3, -0.25) is 4.98 Å². The zero-order chi connectivity index (χ0) is 9.80. The summed E-state index contributed by atoms with van der Waals surface area (Å²) < 4.78 is 0. The average Bonchev–Trinajstić information content (AvgIpc) is 2.45. The van der Waals surface area contributed by atoms with E-state index in [4.69, 9.17) is 5.73 Å². The third-order valence-corrected chi connectivity index (χ3v) is 3.11. The summed E-state index contributed by atoms with van der Waals surface area (Å²) in [6, 6.07) is 2.09. The second kappa shape index (κ2) is 4.45. The van der Waals surface area contributed by atoms with Crippen LogP contribution in [0.4, 0.5) is 5.69 Å². The van der Waals surface area contributed by atoms with Crippen LogP contribution in [0, 0.1) is 0 Å². The maximum Gasteiger partial charge on any atom is 0.0503 e. The zero-order valence-electron chi connectivity index (χ0n) is 8.58. The molecule has 1 aromatic heterocycles. The summed E-state index contributed by atoms with van der Waals surface area (Å²) in [5, 5.41) is 0. The average molecular weight is 190 g/mol. The molecular formula is C12H18N2. The molecule has 1 fully saturated rings. The fourth-order valence-corrected chi connectivity index (χ4v) is 2.31. The third kappa shape index (κ3) is 2.25. The van der Waals surface area contributed by atoms with Gasteiger partial charge in [0.1, 0.15) is 0 Å². The number of nitrogen functional groups attached to an aromatic ring is 1. The number of rotatable bonds is 1. The van der Waals surface area contributed by atoms with Gasteiger partial charge in [0.15, 0.2) is 0 Å². The molecule has 1 heterocycles. The number of pyridine rings is 1. The molecule has 0 radical (unpaired) electrons. The first-order valence-corrected chi connectivity index (χ1v) is 5.56. The lowest BCUT2D eigenvalue weighted by Crippen LogP contribution is -1.99. The van der Waals surface area contributed by atoms with Gasteiger partial charge in [-0.05, 0) is 30.4 Å². The lowest BCUT2D eigenvalue weighted by atomic mass is 9.93. The van der Waals surface area contributed by atoms with Crippen LogP contribution in [-0.4, -0.2) is 4.98 Å². The molecule has 2 N–H and O–H groups in total. The van der Waals surface area contributed by atoms with E-state index in [2.05, 4.69) is 11.1 Å². The Kier molecular flexibility index (Phi) is 3.02. The Bertz CT molecular complexity index is 288. The van der Waals surface area contributed by atoms with Crippen LogP contribution < -0.4 is 5.73 Å². The number of hydrogen-bond donors (Lipinski definition) is 1. The molecule has 0 aliphatic heterocycles. The Morgan fingerprint density at radius 2 is 1.79 bits per heavy atom. The van der Waals surface area contributed by atoms with Crippen molar-refractivity contribution >= 4 is 5.69 Å². The summed E-state index contributed by atoms with van der Waals surface area (Å²) in [6.45, 7) is 0. The molecule has 0 amide bonds. The first-order valence-electron chi connectivity index (χ1n) is 5.56. The van der Waals surface area contributed by atoms with Crippen molar-refractivity contribution in [3.8, 4) is 0 Å². The number of anilines is 1. The normalized spacial score (nSPS) is 19.1. The topological polar surface area (TPSA) is 38.9 Å². The van der Waals surface area contributed by atoms with Crippen molar-refractivity contribution in [2.24, 2.45) is 0 Å². The minimum absolute atomic E-state index is 0.702. The summed E-state index contributed by atoms with van der Waals surface area (Å²) in [7, 11) is 0. The van der Waals surface area contributed by atoms with E-state index in [1.165, 1.54) is 44.1 Å². The minimum Gasteiger partial charge on any atom is -0.397 e. The van der Waals surface area contributed by atoms with Crippen LogP contribution in [0.15, 0.2) is 18.5 Å². The van der Waals surface area contributed by atoms with Gasteiger partial charge in [0.25, 0.3) is 0 Å². The molecule has 2 rings (SSSR count). The lowest BCUT2D eigenvalue weighted by molar-refractivity contribution is 0.591. The number of hydrogen-bond acceptors (Lipinski definition) is 2. The molecule has 2 heteroatoms. The van der Waals surface area contributed by atoms with Gasteiger partial charge in [-0.15, -0.1) is 0 Å². The van der Waals surface area contributed by atoms with E-state index >= 15 is 0 Å². The molecular weight excluding hydrogens is 172 g/mol. The summed E-state index contributed by atoms with van der Waals surface area (Å²) in [5.74, 6) is 0.702. The minimum atomic E-state index is 0.702. The highest BCUT2D eigenvalue weighted by molar-refractivity contribution is 5.38. The Hall–Kier alpha value is -1.05. The molecule has 1 aliphatic carbocycles. The highest BCUT2D eigenvalue weighted by Gasteiger charge is 2.14. The first kappa shape index (κ1) is 9.50. The Balaban J connectivity index is 2.12. The van der Waals surface area contributed by atoms with Crippen LogP contribution in [0.25, 0.3) is 0 Å². The summed E-state index contributed by atoms with van der Waals surface area (Å²) in [6.07, 6.45) is 11.8. The molecule has 1 aliphatic rings. The van der Waals surface area contributed by atoms with Gasteiger partial charge >= 0.3 is 0 Å². The molecule has 1 saturated carbocycles. The molecule has 14 heavy (non-hydrogen) atoms. The van der Waals surface area contributed by atoms with E-state index in [0.717, 1.165) is 5.69 Å². The molecule has 0 spiro atoms. The van der Waals surface area contributed by atoms with Gasteiger partial charge < -0.3 is 5.73 Å². The van der Waals surface area contributed by atoms with Crippen LogP contribution in [-0.2, 0) is 0 Å². The van der Waals surface area contributed by atoms with Gasteiger partial charge in [0, 0.05) is 12.4 Å². The highest BCUT2D eigenvalue weighted by atomic mass is 14.7. The summed E-state index contributed by atoms with van der Waals surface area (Å²) in [4.78, 5) is 4.17. The van der Waals surface area contributed by atoms with Crippen molar-refractivity contribution in [2.45, 2.75) is 44.4 Å². The lowest BCUT2D eigenvalue weighted by Gasteiger charge is -2.13. The van der Waals surface area contributed by atoms with Gasteiger partial charge in [-0.25, -0.2) is 0 Å². The highest BCUT2D eigenvalue weighted by Crippen LogP contribution is 2.31. The summed E-state index contributed by atoms with van der Waals surface area (Å²) >= 11 is 0. The Labute approximate surface area is 85.5 Å². The molecule has 0 atom stereocenters. The van der Waals surface area contributed by atoms with E-state index in [9.17, 15) is 0 Å². The van der Waals surface area contributed by atoms with E-state index in [1.54, 1.807) is 6.20 Å². The number of nitrogens with two attached hydrogens (primary N) is 1. The third-order valence-electron chi connectivity index (χ3n) is 3.11. The van der Waals surface area contributed by atoms with Crippen LogP contribution in [0.2, 0.25) is 0 Å². The SMILES string of the molecule is Nc1cncc(C2CCCCCC2)c1. The molecule has 2 nitrogen and oxygen atoms in total. The summed E-state index contributed by atoms with van der Waals surface area (Å²) in [5.41, 5.74) is 7.88. The molecule has 0 unspecified atom stereocenters. The van der Waals surface area contributed by atoms with Gasteiger partial charge in [0.05, 0.1) is 5.69 Å². The van der Waals surface area contributed by atoms with E-state index < -0.39 is 0 Å². The number of aromatic nitrogens is 1. The monoisotopic (exact) mass is 190 g/mol. The standard InChI is InChI=1S/C12H18N2/c13-12-7-11(8-14-9-12)10-5-3-1-2-4-6-10/h7-10H,1-6,13H2. The molecule has 0 saturated heterocycles. The fourth-order valence-electron chi connectivity index (χ4n) is 2.31. The second-order valence-electron chi connectivity index (χ2n) is 4.24. The van der Waals surface area contributed by atoms with Crippen molar-refractivity contribution < 1.29 is 0 Å². The maximum atomic E-state index is 5.74. The van der Waals surface area contributed by atoms with Crippen molar-refractivity contribution in [1.29, 1.82) is 0 Å². The van der Waals surface area contributed by atoms with E-state index in [1.807, 2.05) is 6.20 Å². The maximum absolute atomic E-state index is 5.74. The van der Waals surface area contributed by atoms with E-state index in [-0.39, 0.29) is 0 Å². The van der Waals surface area contributed by atoms with Crippen LogP contribution in [0.3, 0.4) is 0 Å². The van der Waals surface area contributed by atoms with Crippen molar-refractivity contribution in [3.63, 3.8) is 0 Å². The quantitative estimate of drug-likeness (QED) is 0.691. The van der Waals surface area contributed by atoms with Crippen LogP contribution in [0.1, 0.15) is 50.0 Å². The molecule has 0 aromatic carbocycles. The zero-order valence-corrected chi connectivity index (χ0v) is 8.58. The predicted octanol–water partition coefficient (Wildman–Crippen LogP) is 3.10. The fraction of sp³-hybridized carbons (Fsp3) is 0.583. The van der Waals surface area contributed by atoms with Crippen molar-refractivity contribution in [1.82, 2.24) is 4.98 Å². The molecule has 76 valence electrons. The van der Waals surface area contributed by atoms with Gasteiger partial charge in [-0.2, -0.15) is 0 Å². The van der Waals surface area contributed by atoms with Gasteiger partial charge in [0.2, 0.25) is 0 Å². The Morgan fingerprint density at radius 3 is 2.43 bits per heavy atom. The molecule has 1 aromatic rings.